The van der Waals surface area contributed by atoms with Gasteiger partial charge in [0.2, 0.25) is 0 Å². The van der Waals surface area contributed by atoms with Gasteiger partial charge in [0.15, 0.2) is 0 Å². The maximum absolute atomic E-state index is 5.30. The van der Waals surface area contributed by atoms with E-state index in [0.717, 1.165) is 19.8 Å². The molecule has 1 aliphatic heterocycles. The molecule has 0 amide bonds. The number of ether oxygens (including phenoxy) is 1. The number of hydrogen-bond donors (Lipinski definition) is 0. The topological polar surface area (TPSA) is 12.5 Å². The molecule has 54 valence electrons. The van der Waals surface area contributed by atoms with Crippen LogP contribution in [0.5, 0.6) is 0 Å². The number of hydrogen-bond acceptors (Lipinski definition) is 2. The maximum Gasteiger partial charge on any atom is 0.0622 e. The zero-order valence-corrected chi connectivity index (χ0v) is 6.26. The summed E-state index contributed by atoms with van der Waals surface area (Å²) < 4.78 is 5.30. The number of morpholine rings is 1. The molecule has 0 saturated carbocycles. The van der Waals surface area contributed by atoms with Crippen molar-refractivity contribution in [3.63, 3.8) is 0 Å². The molecule has 1 fully saturated rings. The smallest absolute Gasteiger partial charge is 0.0622 e. The van der Waals surface area contributed by atoms with Crippen molar-refractivity contribution in [2.75, 3.05) is 26.8 Å². The van der Waals surface area contributed by atoms with Crippen LogP contribution in [-0.2, 0) is 4.74 Å². The number of rotatable bonds is 1. The Hall–Kier alpha value is -0.0800. The Labute approximate surface area is 56.8 Å². The first-order valence-electron chi connectivity index (χ1n) is 3.62. The molecule has 1 rings (SSSR count). The number of likely N-dealkylation sites (N-methyl/N-ethyl adjacent to an activating group) is 1. The zero-order valence-electron chi connectivity index (χ0n) is 6.26. The molecule has 0 spiro atoms. The van der Waals surface area contributed by atoms with Crippen molar-refractivity contribution in [2.45, 2.75) is 19.4 Å². The second kappa shape index (κ2) is 3.18. The second-order valence-electron chi connectivity index (χ2n) is 2.62. The van der Waals surface area contributed by atoms with Gasteiger partial charge in [0.05, 0.1) is 13.2 Å². The summed E-state index contributed by atoms with van der Waals surface area (Å²) in [5.74, 6) is 0. The molecular formula is C7H15NO. The van der Waals surface area contributed by atoms with E-state index >= 15 is 0 Å². The fourth-order valence-electron chi connectivity index (χ4n) is 1.17. The van der Waals surface area contributed by atoms with Crippen LogP contribution in [-0.4, -0.2) is 37.7 Å². The van der Waals surface area contributed by atoms with Gasteiger partial charge < -0.3 is 4.74 Å². The molecule has 1 saturated heterocycles. The summed E-state index contributed by atoms with van der Waals surface area (Å²) in [5.41, 5.74) is 0. The summed E-state index contributed by atoms with van der Waals surface area (Å²) in [5, 5.41) is 0. The Kier molecular flexibility index (Phi) is 2.49. The van der Waals surface area contributed by atoms with Gasteiger partial charge >= 0.3 is 0 Å². The average Bonchev–Trinajstić information content (AvgIpc) is 1.89. The van der Waals surface area contributed by atoms with E-state index in [9.17, 15) is 0 Å². The molecule has 0 aromatic rings. The van der Waals surface area contributed by atoms with Crippen LogP contribution in [0.2, 0.25) is 0 Å². The van der Waals surface area contributed by atoms with Crippen LogP contribution < -0.4 is 0 Å². The monoisotopic (exact) mass is 129 g/mol. The minimum Gasteiger partial charge on any atom is -0.378 e. The predicted molar refractivity (Wildman–Crippen MR) is 37.5 cm³/mol. The summed E-state index contributed by atoms with van der Waals surface area (Å²) in [7, 11) is 2.16. The lowest BCUT2D eigenvalue weighted by molar-refractivity contribution is 0.00477. The summed E-state index contributed by atoms with van der Waals surface area (Å²) >= 11 is 0. The highest BCUT2D eigenvalue weighted by atomic mass is 16.5. The third-order valence-electron chi connectivity index (χ3n) is 1.99. The van der Waals surface area contributed by atoms with Crippen LogP contribution in [0.1, 0.15) is 13.3 Å². The molecule has 2 nitrogen and oxygen atoms in total. The third-order valence-corrected chi connectivity index (χ3v) is 1.99. The lowest BCUT2D eigenvalue weighted by Crippen LogP contribution is -2.42. The van der Waals surface area contributed by atoms with E-state index in [-0.39, 0.29) is 0 Å². The van der Waals surface area contributed by atoms with Crippen LogP contribution >= 0.6 is 0 Å². The molecule has 9 heavy (non-hydrogen) atoms. The van der Waals surface area contributed by atoms with Crippen molar-refractivity contribution < 1.29 is 4.74 Å². The molecule has 2 heteroatoms. The standard InChI is InChI=1S/C7H15NO/c1-3-7-6-9-5-4-8(7)2/h7H,3-6H2,1-2H3. The van der Waals surface area contributed by atoms with Crippen LogP contribution in [0.3, 0.4) is 0 Å². The highest BCUT2D eigenvalue weighted by molar-refractivity contribution is 4.69. The number of nitrogens with zero attached hydrogens (tertiary/aromatic N) is 1. The molecule has 0 aromatic carbocycles. The largest absolute Gasteiger partial charge is 0.378 e. The Balaban J connectivity index is 2.30. The van der Waals surface area contributed by atoms with Gasteiger partial charge in [-0.3, -0.25) is 4.90 Å². The molecule has 1 unspecified atom stereocenters. The fraction of sp³-hybridized carbons (Fsp3) is 1.00. The van der Waals surface area contributed by atoms with Crippen LogP contribution in [0.4, 0.5) is 0 Å². The van der Waals surface area contributed by atoms with Gasteiger partial charge in [0.1, 0.15) is 0 Å². The SMILES string of the molecule is CCC1COCCN1C. The van der Waals surface area contributed by atoms with Crippen molar-refractivity contribution in [3.8, 4) is 0 Å². The molecule has 0 radical (unpaired) electrons. The van der Waals surface area contributed by atoms with E-state index in [1.807, 2.05) is 0 Å². The lowest BCUT2D eigenvalue weighted by atomic mass is 10.2. The fourth-order valence-corrected chi connectivity index (χ4v) is 1.17. The minimum absolute atomic E-state index is 0.666. The van der Waals surface area contributed by atoms with Crippen LogP contribution in [0.25, 0.3) is 0 Å². The Morgan fingerprint density at radius 1 is 1.67 bits per heavy atom. The van der Waals surface area contributed by atoms with Gasteiger partial charge in [0, 0.05) is 12.6 Å². The van der Waals surface area contributed by atoms with Gasteiger partial charge in [0.25, 0.3) is 0 Å². The first kappa shape index (κ1) is 7.03. The van der Waals surface area contributed by atoms with Gasteiger partial charge in [-0.1, -0.05) is 6.92 Å². The van der Waals surface area contributed by atoms with Crippen molar-refractivity contribution in [1.29, 1.82) is 0 Å². The molecule has 0 bridgehead atoms. The van der Waals surface area contributed by atoms with Crippen LogP contribution in [0, 0.1) is 0 Å². The highest BCUT2D eigenvalue weighted by Crippen LogP contribution is 2.06. The van der Waals surface area contributed by atoms with Crippen molar-refractivity contribution >= 4 is 0 Å². The molecule has 1 aliphatic rings. The van der Waals surface area contributed by atoms with E-state index in [1.54, 1.807) is 0 Å². The first-order chi connectivity index (χ1) is 4.34. The third kappa shape index (κ3) is 1.66. The summed E-state index contributed by atoms with van der Waals surface area (Å²) in [4.78, 5) is 2.36. The predicted octanol–water partition coefficient (Wildman–Crippen LogP) is 0.727. The van der Waals surface area contributed by atoms with Gasteiger partial charge in [-0.25, -0.2) is 0 Å². The van der Waals surface area contributed by atoms with Gasteiger partial charge in [-0.2, -0.15) is 0 Å². The summed E-state index contributed by atoms with van der Waals surface area (Å²) in [6.07, 6.45) is 1.20. The quantitative estimate of drug-likeness (QED) is 0.517. The molecule has 0 aromatic heterocycles. The van der Waals surface area contributed by atoms with E-state index in [0.29, 0.717) is 6.04 Å². The average molecular weight is 129 g/mol. The van der Waals surface area contributed by atoms with E-state index in [4.69, 9.17) is 4.74 Å². The van der Waals surface area contributed by atoms with Gasteiger partial charge in [-0.15, -0.1) is 0 Å². The Morgan fingerprint density at radius 2 is 2.44 bits per heavy atom. The second-order valence-corrected chi connectivity index (χ2v) is 2.62. The summed E-state index contributed by atoms with van der Waals surface area (Å²) in [6, 6.07) is 0.666. The van der Waals surface area contributed by atoms with E-state index < -0.39 is 0 Å². The molecule has 1 atom stereocenters. The zero-order chi connectivity index (χ0) is 6.69. The minimum atomic E-state index is 0.666. The van der Waals surface area contributed by atoms with Crippen molar-refractivity contribution in [3.05, 3.63) is 0 Å². The maximum atomic E-state index is 5.30. The Morgan fingerprint density at radius 3 is 2.89 bits per heavy atom. The first-order valence-corrected chi connectivity index (χ1v) is 3.62. The molecule has 1 heterocycles. The molecule has 0 N–H and O–H groups in total. The van der Waals surface area contributed by atoms with Crippen molar-refractivity contribution in [2.24, 2.45) is 0 Å². The van der Waals surface area contributed by atoms with Crippen molar-refractivity contribution in [1.82, 2.24) is 4.90 Å². The van der Waals surface area contributed by atoms with E-state index in [2.05, 4.69) is 18.9 Å². The normalized spacial score (nSPS) is 30.7. The lowest BCUT2D eigenvalue weighted by Gasteiger charge is -2.31. The van der Waals surface area contributed by atoms with Crippen LogP contribution in [0.15, 0.2) is 0 Å². The highest BCUT2D eigenvalue weighted by Gasteiger charge is 2.16. The summed E-state index contributed by atoms with van der Waals surface area (Å²) in [6.45, 7) is 5.13. The molecule has 0 aliphatic carbocycles. The van der Waals surface area contributed by atoms with E-state index in [1.165, 1.54) is 6.42 Å². The molecular weight excluding hydrogens is 114 g/mol. The van der Waals surface area contributed by atoms with Gasteiger partial charge in [-0.05, 0) is 13.5 Å². The Bertz CT molecular complexity index is 85.0.